The zero-order valence-corrected chi connectivity index (χ0v) is 14.9. The first-order chi connectivity index (χ1) is 13.2. The van der Waals surface area contributed by atoms with Crippen LogP contribution >= 0.6 is 0 Å². The van der Waals surface area contributed by atoms with Gasteiger partial charge in [0.05, 0.1) is 0 Å². The minimum atomic E-state index is -0.243. The third-order valence-electron chi connectivity index (χ3n) is 4.96. The predicted molar refractivity (Wildman–Crippen MR) is 98.8 cm³/mol. The third-order valence-corrected chi connectivity index (χ3v) is 4.96. The molecule has 3 aromatic rings. The van der Waals surface area contributed by atoms with E-state index in [1.165, 1.54) is 12.1 Å². The molecule has 0 saturated carbocycles. The standard InChI is InChI=1S/C19H21FN6O/c20-16-3-1-14(2-4-16)7-10-21-19(27)15-8-11-25(12-9-15)18-6-5-17-23-22-13-26(17)24-18/h1-6,13,15H,7-12H2,(H,21,27). The summed E-state index contributed by atoms with van der Waals surface area (Å²) < 4.78 is 14.6. The summed E-state index contributed by atoms with van der Waals surface area (Å²) in [7, 11) is 0. The monoisotopic (exact) mass is 368 g/mol. The lowest BCUT2D eigenvalue weighted by Crippen LogP contribution is -2.41. The molecule has 7 nitrogen and oxygen atoms in total. The number of halogens is 1. The van der Waals surface area contributed by atoms with E-state index in [4.69, 9.17) is 0 Å². The smallest absolute Gasteiger partial charge is 0.223 e. The van der Waals surface area contributed by atoms with E-state index >= 15 is 0 Å². The van der Waals surface area contributed by atoms with Crippen LogP contribution in [0.4, 0.5) is 10.2 Å². The van der Waals surface area contributed by atoms with Crippen molar-refractivity contribution in [3.8, 4) is 0 Å². The lowest BCUT2D eigenvalue weighted by Gasteiger charge is -2.32. The highest BCUT2D eigenvalue weighted by Gasteiger charge is 2.25. The van der Waals surface area contributed by atoms with Crippen LogP contribution in [-0.4, -0.2) is 45.4 Å². The highest BCUT2D eigenvalue weighted by molar-refractivity contribution is 5.79. The molecule has 4 rings (SSSR count). The van der Waals surface area contributed by atoms with Crippen LogP contribution in [0.2, 0.25) is 0 Å². The minimum absolute atomic E-state index is 0.0214. The summed E-state index contributed by atoms with van der Waals surface area (Å²) in [6.07, 6.45) is 3.88. The Morgan fingerprint density at radius 3 is 2.70 bits per heavy atom. The van der Waals surface area contributed by atoms with Crippen molar-refractivity contribution in [1.82, 2.24) is 25.1 Å². The van der Waals surface area contributed by atoms with Crippen LogP contribution in [0.25, 0.3) is 5.65 Å². The van der Waals surface area contributed by atoms with Crippen molar-refractivity contribution in [1.29, 1.82) is 0 Å². The molecule has 1 aromatic carbocycles. The van der Waals surface area contributed by atoms with Gasteiger partial charge in [0.2, 0.25) is 5.91 Å². The van der Waals surface area contributed by atoms with Crippen LogP contribution in [0.15, 0.2) is 42.7 Å². The molecule has 8 heteroatoms. The number of rotatable bonds is 5. The summed E-state index contributed by atoms with van der Waals surface area (Å²) in [5, 5.41) is 15.3. The second-order valence-corrected chi connectivity index (χ2v) is 6.75. The largest absolute Gasteiger partial charge is 0.356 e. The van der Waals surface area contributed by atoms with E-state index in [9.17, 15) is 9.18 Å². The minimum Gasteiger partial charge on any atom is -0.356 e. The first-order valence-corrected chi connectivity index (χ1v) is 9.13. The lowest BCUT2D eigenvalue weighted by molar-refractivity contribution is -0.125. The quantitative estimate of drug-likeness (QED) is 0.744. The Hall–Kier alpha value is -3.03. The Kier molecular flexibility index (Phi) is 4.95. The highest BCUT2D eigenvalue weighted by atomic mass is 19.1. The molecule has 0 atom stereocenters. The topological polar surface area (TPSA) is 75.4 Å². The zero-order valence-electron chi connectivity index (χ0n) is 14.9. The highest BCUT2D eigenvalue weighted by Crippen LogP contribution is 2.22. The van der Waals surface area contributed by atoms with E-state index in [0.717, 1.165) is 37.3 Å². The maximum atomic E-state index is 12.9. The molecule has 1 fully saturated rings. The molecule has 1 aliphatic rings. The third kappa shape index (κ3) is 4.05. The van der Waals surface area contributed by atoms with Crippen molar-refractivity contribution < 1.29 is 9.18 Å². The molecule has 1 N–H and O–H groups in total. The Morgan fingerprint density at radius 1 is 1.15 bits per heavy atom. The second kappa shape index (κ2) is 7.69. The Bertz CT molecular complexity index is 917. The number of benzene rings is 1. The Morgan fingerprint density at radius 2 is 1.93 bits per heavy atom. The van der Waals surface area contributed by atoms with Crippen LogP contribution < -0.4 is 10.2 Å². The van der Waals surface area contributed by atoms with Crippen molar-refractivity contribution in [2.75, 3.05) is 24.5 Å². The number of carbonyl (C=O) groups excluding carboxylic acids is 1. The fraction of sp³-hybridized carbons (Fsp3) is 0.368. The molecule has 3 heterocycles. The number of amides is 1. The maximum Gasteiger partial charge on any atom is 0.223 e. The average molecular weight is 368 g/mol. The number of piperidine rings is 1. The van der Waals surface area contributed by atoms with Gasteiger partial charge in [0, 0.05) is 25.6 Å². The number of anilines is 1. The summed E-state index contributed by atoms with van der Waals surface area (Å²) in [5.74, 6) is 0.747. The van der Waals surface area contributed by atoms with E-state index in [-0.39, 0.29) is 17.6 Å². The molecular weight excluding hydrogens is 347 g/mol. The average Bonchev–Trinajstić information content (AvgIpc) is 3.17. The van der Waals surface area contributed by atoms with Crippen molar-refractivity contribution in [2.45, 2.75) is 19.3 Å². The van der Waals surface area contributed by atoms with E-state index in [0.29, 0.717) is 18.6 Å². The van der Waals surface area contributed by atoms with Gasteiger partial charge in [-0.25, -0.2) is 4.39 Å². The van der Waals surface area contributed by atoms with Gasteiger partial charge in [0.1, 0.15) is 18.0 Å². The van der Waals surface area contributed by atoms with Crippen molar-refractivity contribution in [3.63, 3.8) is 0 Å². The van der Waals surface area contributed by atoms with E-state index < -0.39 is 0 Å². The summed E-state index contributed by atoms with van der Waals surface area (Å²) in [6, 6.07) is 10.2. The number of nitrogens with one attached hydrogen (secondary N) is 1. The van der Waals surface area contributed by atoms with E-state index in [2.05, 4.69) is 25.5 Å². The fourth-order valence-electron chi connectivity index (χ4n) is 3.38. The van der Waals surface area contributed by atoms with Gasteiger partial charge < -0.3 is 10.2 Å². The second-order valence-electron chi connectivity index (χ2n) is 6.75. The summed E-state index contributed by atoms with van der Waals surface area (Å²) in [5.41, 5.74) is 1.73. The van der Waals surface area contributed by atoms with Gasteiger partial charge in [-0.2, -0.15) is 4.52 Å². The molecule has 27 heavy (non-hydrogen) atoms. The van der Waals surface area contributed by atoms with Crippen molar-refractivity contribution >= 4 is 17.4 Å². The number of hydrogen-bond donors (Lipinski definition) is 1. The van der Waals surface area contributed by atoms with Crippen LogP contribution in [0.5, 0.6) is 0 Å². The molecular formula is C19H21FN6O. The predicted octanol–water partition coefficient (Wildman–Crippen LogP) is 1.84. The first-order valence-electron chi connectivity index (χ1n) is 9.13. The molecule has 0 unspecified atom stereocenters. The normalized spacial score (nSPS) is 15.2. The maximum absolute atomic E-state index is 12.9. The molecule has 1 aliphatic heterocycles. The van der Waals surface area contributed by atoms with Gasteiger partial charge in [-0.05, 0) is 49.1 Å². The lowest BCUT2D eigenvalue weighted by atomic mass is 9.96. The van der Waals surface area contributed by atoms with Crippen LogP contribution in [0.1, 0.15) is 18.4 Å². The molecule has 0 aliphatic carbocycles. The molecule has 0 bridgehead atoms. The number of aromatic nitrogens is 4. The summed E-state index contributed by atoms with van der Waals surface area (Å²) in [6.45, 7) is 2.14. The van der Waals surface area contributed by atoms with Crippen molar-refractivity contribution in [3.05, 3.63) is 54.1 Å². The van der Waals surface area contributed by atoms with Gasteiger partial charge in [-0.1, -0.05) is 12.1 Å². The van der Waals surface area contributed by atoms with E-state index in [1.807, 2.05) is 12.1 Å². The molecule has 1 saturated heterocycles. The van der Waals surface area contributed by atoms with Gasteiger partial charge in [0.15, 0.2) is 5.65 Å². The summed E-state index contributed by atoms with van der Waals surface area (Å²) in [4.78, 5) is 14.6. The SMILES string of the molecule is O=C(NCCc1ccc(F)cc1)C1CCN(c2ccc3nncn3n2)CC1. The fourth-order valence-corrected chi connectivity index (χ4v) is 3.38. The molecule has 0 spiro atoms. The zero-order chi connectivity index (χ0) is 18.6. The summed E-state index contributed by atoms with van der Waals surface area (Å²) >= 11 is 0. The van der Waals surface area contributed by atoms with E-state index in [1.54, 1.807) is 23.0 Å². The van der Waals surface area contributed by atoms with Gasteiger partial charge in [0.25, 0.3) is 0 Å². The molecule has 1 amide bonds. The van der Waals surface area contributed by atoms with Crippen LogP contribution in [0.3, 0.4) is 0 Å². The number of carbonyl (C=O) groups is 1. The van der Waals surface area contributed by atoms with Crippen LogP contribution in [-0.2, 0) is 11.2 Å². The van der Waals surface area contributed by atoms with Crippen molar-refractivity contribution in [2.24, 2.45) is 5.92 Å². The molecule has 0 radical (unpaired) electrons. The van der Waals surface area contributed by atoms with Gasteiger partial charge >= 0.3 is 0 Å². The Balaban J connectivity index is 1.25. The first kappa shape index (κ1) is 17.4. The van der Waals surface area contributed by atoms with Crippen LogP contribution in [0, 0.1) is 11.7 Å². The number of fused-ring (bicyclic) bond motifs is 1. The van der Waals surface area contributed by atoms with Gasteiger partial charge in [-0.15, -0.1) is 15.3 Å². The van der Waals surface area contributed by atoms with Gasteiger partial charge in [-0.3, -0.25) is 4.79 Å². The number of hydrogen-bond acceptors (Lipinski definition) is 5. The molecule has 140 valence electrons. The number of nitrogens with zero attached hydrogens (tertiary/aromatic N) is 5. The molecule has 2 aromatic heterocycles. The Labute approximate surface area is 156 Å².